The Hall–Kier alpha value is -1.38. The van der Waals surface area contributed by atoms with Gasteiger partial charge in [0.2, 0.25) is 5.78 Å². The number of fused-ring (bicyclic) bond motifs is 1. The molecule has 0 saturated heterocycles. The number of nitrogens with zero attached hydrogens (tertiary/aromatic N) is 3. The minimum Gasteiger partial charge on any atom is -0.291 e. The van der Waals surface area contributed by atoms with Crippen LogP contribution >= 0.6 is 0 Å². The number of imidazole rings is 1. The number of aryl methyl sites for hydroxylation is 1. The first kappa shape index (κ1) is 9.19. The third kappa shape index (κ3) is 1.92. The van der Waals surface area contributed by atoms with Crippen LogP contribution in [0.5, 0.6) is 0 Å². The molecular formula is C11H15N3. The van der Waals surface area contributed by atoms with Crippen LogP contribution in [-0.2, 0) is 6.42 Å². The summed E-state index contributed by atoms with van der Waals surface area (Å²) in [5.41, 5.74) is 1.15. The molecular weight excluding hydrogens is 174 g/mol. The van der Waals surface area contributed by atoms with Gasteiger partial charge in [0.15, 0.2) is 0 Å². The Balaban J connectivity index is 2.11. The standard InChI is InChI=1S/C11H15N3/c1-2-3-4-6-10-9-14-8-5-7-12-11(14)13-10/h5,7-9H,2-4,6H2,1H3. The minimum absolute atomic E-state index is 0.805. The highest BCUT2D eigenvalue weighted by molar-refractivity contribution is 5.29. The van der Waals surface area contributed by atoms with Crippen molar-refractivity contribution in [2.24, 2.45) is 0 Å². The average molecular weight is 189 g/mol. The Kier molecular flexibility index (Phi) is 2.77. The molecule has 3 heteroatoms. The van der Waals surface area contributed by atoms with E-state index >= 15 is 0 Å². The van der Waals surface area contributed by atoms with Gasteiger partial charge in [-0.2, -0.15) is 0 Å². The quantitative estimate of drug-likeness (QED) is 0.691. The maximum absolute atomic E-state index is 4.44. The first-order valence-electron chi connectivity index (χ1n) is 5.19. The highest BCUT2D eigenvalue weighted by Gasteiger charge is 2.00. The second kappa shape index (κ2) is 4.22. The Morgan fingerprint density at radius 1 is 1.36 bits per heavy atom. The molecule has 2 rings (SSSR count). The number of aromatic nitrogens is 3. The molecule has 2 heterocycles. The fraction of sp³-hybridized carbons (Fsp3) is 0.455. The van der Waals surface area contributed by atoms with E-state index in [1.54, 1.807) is 6.20 Å². The van der Waals surface area contributed by atoms with Gasteiger partial charge in [-0.1, -0.05) is 19.8 Å². The summed E-state index contributed by atoms with van der Waals surface area (Å²) in [5.74, 6) is 0.805. The largest absolute Gasteiger partial charge is 0.291 e. The molecule has 0 aliphatic heterocycles. The summed E-state index contributed by atoms with van der Waals surface area (Å²) in [6, 6.07) is 1.92. The van der Waals surface area contributed by atoms with E-state index in [0.717, 1.165) is 17.9 Å². The number of hydrogen-bond acceptors (Lipinski definition) is 2. The van der Waals surface area contributed by atoms with Crippen molar-refractivity contribution in [2.45, 2.75) is 32.6 Å². The maximum atomic E-state index is 4.44. The van der Waals surface area contributed by atoms with Crippen LogP contribution < -0.4 is 0 Å². The smallest absolute Gasteiger partial charge is 0.233 e. The van der Waals surface area contributed by atoms with Gasteiger partial charge in [-0.15, -0.1) is 0 Å². The predicted octanol–water partition coefficient (Wildman–Crippen LogP) is 2.46. The molecule has 0 bridgehead atoms. The molecule has 2 aromatic rings. The SMILES string of the molecule is CCCCCc1cn2cccnc2n1. The topological polar surface area (TPSA) is 30.2 Å². The van der Waals surface area contributed by atoms with E-state index < -0.39 is 0 Å². The van der Waals surface area contributed by atoms with Crippen LogP contribution in [0.25, 0.3) is 5.78 Å². The van der Waals surface area contributed by atoms with Crippen LogP contribution in [0.2, 0.25) is 0 Å². The molecule has 74 valence electrons. The highest BCUT2D eigenvalue weighted by Crippen LogP contribution is 2.06. The van der Waals surface area contributed by atoms with Crippen LogP contribution in [0.15, 0.2) is 24.7 Å². The summed E-state index contributed by atoms with van der Waals surface area (Å²) in [5, 5.41) is 0. The molecule has 0 saturated carbocycles. The Morgan fingerprint density at radius 3 is 3.07 bits per heavy atom. The van der Waals surface area contributed by atoms with E-state index in [2.05, 4.69) is 23.1 Å². The van der Waals surface area contributed by atoms with Gasteiger partial charge in [0, 0.05) is 18.6 Å². The third-order valence-electron chi connectivity index (χ3n) is 2.32. The summed E-state index contributed by atoms with van der Waals surface area (Å²) in [6.45, 7) is 2.21. The lowest BCUT2D eigenvalue weighted by Gasteiger charge is -1.92. The first-order chi connectivity index (χ1) is 6.90. The highest BCUT2D eigenvalue weighted by atomic mass is 15.1. The lowest BCUT2D eigenvalue weighted by Crippen LogP contribution is -1.84. The zero-order chi connectivity index (χ0) is 9.80. The monoisotopic (exact) mass is 189 g/mol. The van der Waals surface area contributed by atoms with E-state index in [9.17, 15) is 0 Å². The van der Waals surface area contributed by atoms with Gasteiger partial charge >= 0.3 is 0 Å². The van der Waals surface area contributed by atoms with E-state index in [1.165, 1.54) is 19.3 Å². The van der Waals surface area contributed by atoms with Crippen LogP contribution in [0.4, 0.5) is 0 Å². The summed E-state index contributed by atoms with van der Waals surface area (Å²) in [4.78, 5) is 8.62. The van der Waals surface area contributed by atoms with Crippen LogP contribution in [0, 0.1) is 0 Å². The van der Waals surface area contributed by atoms with Crippen molar-refractivity contribution in [1.29, 1.82) is 0 Å². The summed E-state index contributed by atoms with van der Waals surface area (Å²) >= 11 is 0. The second-order valence-electron chi connectivity index (χ2n) is 3.52. The Bertz CT molecular complexity index is 373. The van der Waals surface area contributed by atoms with Crippen LogP contribution in [0.1, 0.15) is 31.9 Å². The number of unbranched alkanes of at least 4 members (excludes halogenated alkanes) is 2. The van der Waals surface area contributed by atoms with Crippen molar-refractivity contribution in [3.05, 3.63) is 30.4 Å². The predicted molar refractivity (Wildman–Crippen MR) is 56.2 cm³/mol. The van der Waals surface area contributed by atoms with Crippen LogP contribution in [-0.4, -0.2) is 14.4 Å². The lowest BCUT2D eigenvalue weighted by molar-refractivity contribution is 0.709. The summed E-state index contributed by atoms with van der Waals surface area (Å²) in [7, 11) is 0. The van der Waals surface area contributed by atoms with Crippen molar-refractivity contribution in [1.82, 2.24) is 14.4 Å². The van der Waals surface area contributed by atoms with Crippen molar-refractivity contribution in [3.8, 4) is 0 Å². The van der Waals surface area contributed by atoms with Crippen molar-refractivity contribution in [2.75, 3.05) is 0 Å². The lowest BCUT2D eigenvalue weighted by atomic mass is 10.2. The molecule has 0 amide bonds. The van der Waals surface area contributed by atoms with Gasteiger partial charge in [0.25, 0.3) is 0 Å². The van der Waals surface area contributed by atoms with E-state index in [4.69, 9.17) is 0 Å². The first-order valence-corrected chi connectivity index (χ1v) is 5.19. The molecule has 0 aliphatic rings. The fourth-order valence-corrected chi connectivity index (χ4v) is 1.56. The van der Waals surface area contributed by atoms with Gasteiger partial charge in [0.1, 0.15) is 0 Å². The fourth-order valence-electron chi connectivity index (χ4n) is 1.56. The molecule has 0 atom stereocenters. The maximum Gasteiger partial charge on any atom is 0.233 e. The summed E-state index contributed by atoms with van der Waals surface area (Å²) in [6.07, 6.45) is 10.7. The summed E-state index contributed by atoms with van der Waals surface area (Å²) < 4.78 is 1.97. The second-order valence-corrected chi connectivity index (χ2v) is 3.52. The third-order valence-corrected chi connectivity index (χ3v) is 2.32. The molecule has 2 aromatic heterocycles. The molecule has 0 N–H and O–H groups in total. The van der Waals surface area contributed by atoms with Crippen molar-refractivity contribution < 1.29 is 0 Å². The molecule has 3 nitrogen and oxygen atoms in total. The van der Waals surface area contributed by atoms with Crippen molar-refractivity contribution >= 4 is 5.78 Å². The van der Waals surface area contributed by atoms with Crippen molar-refractivity contribution in [3.63, 3.8) is 0 Å². The average Bonchev–Trinajstić information content (AvgIpc) is 2.60. The normalized spacial score (nSPS) is 10.9. The molecule has 0 radical (unpaired) electrons. The number of rotatable bonds is 4. The molecule has 14 heavy (non-hydrogen) atoms. The molecule has 0 aromatic carbocycles. The van der Waals surface area contributed by atoms with E-state index in [1.807, 2.05) is 16.7 Å². The molecule has 0 spiro atoms. The van der Waals surface area contributed by atoms with E-state index in [-0.39, 0.29) is 0 Å². The van der Waals surface area contributed by atoms with Gasteiger partial charge in [0.05, 0.1) is 5.69 Å². The van der Waals surface area contributed by atoms with Gasteiger partial charge < -0.3 is 0 Å². The van der Waals surface area contributed by atoms with Gasteiger partial charge in [-0.3, -0.25) is 4.40 Å². The Morgan fingerprint density at radius 2 is 2.29 bits per heavy atom. The van der Waals surface area contributed by atoms with Gasteiger partial charge in [-0.05, 0) is 18.9 Å². The molecule has 0 unspecified atom stereocenters. The van der Waals surface area contributed by atoms with E-state index in [0.29, 0.717) is 0 Å². The zero-order valence-electron chi connectivity index (χ0n) is 8.48. The Labute approximate surface area is 83.8 Å². The van der Waals surface area contributed by atoms with Crippen LogP contribution in [0.3, 0.4) is 0 Å². The minimum atomic E-state index is 0.805. The molecule has 0 fully saturated rings. The zero-order valence-corrected chi connectivity index (χ0v) is 8.48. The number of hydrogen-bond donors (Lipinski definition) is 0. The van der Waals surface area contributed by atoms with Gasteiger partial charge in [-0.25, -0.2) is 9.97 Å². The molecule has 0 aliphatic carbocycles.